The fourth-order valence-electron chi connectivity index (χ4n) is 1.91. The number of thiazole rings is 1. The van der Waals surface area contributed by atoms with E-state index in [0.29, 0.717) is 17.2 Å². The highest BCUT2D eigenvalue weighted by atomic mass is 35.5. The lowest BCUT2D eigenvalue weighted by Crippen LogP contribution is -2.10. The lowest BCUT2D eigenvalue weighted by Gasteiger charge is -2.00. The zero-order valence-electron chi connectivity index (χ0n) is 11.7. The van der Waals surface area contributed by atoms with Gasteiger partial charge in [-0.15, -0.1) is 11.3 Å². The second kappa shape index (κ2) is 6.29. The van der Waals surface area contributed by atoms with E-state index in [1.54, 1.807) is 19.2 Å². The molecule has 5 nitrogen and oxygen atoms in total. The quantitative estimate of drug-likeness (QED) is 0.785. The van der Waals surface area contributed by atoms with Crippen molar-refractivity contribution in [3.63, 3.8) is 0 Å². The van der Waals surface area contributed by atoms with Crippen molar-refractivity contribution in [2.24, 2.45) is 0 Å². The van der Waals surface area contributed by atoms with Crippen molar-refractivity contribution in [3.8, 4) is 0 Å². The zero-order chi connectivity index (χ0) is 15.5. The molecule has 0 aliphatic heterocycles. The minimum absolute atomic E-state index is 0.167. The van der Waals surface area contributed by atoms with Gasteiger partial charge in [0.15, 0.2) is 5.13 Å². The molecule has 0 saturated heterocycles. The van der Waals surface area contributed by atoms with Crippen molar-refractivity contribution in [2.75, 3.05) is 5.32 Å². The highest BCUT2D eigenvalue weighted by molar-refractivity contribution is 7.15. The second-order valence-electron chi connectivity index (χ2n) is 4.69. The Kier molecular flexibility index (Phi) is 4.22. The third-order valence-corrected chi connectivity index (χ3v) is 4.23. The fraction of sp³-hybridized carbons (Fsp3) is 0.133. The predicted molar refractivity (Wildman–Crippen MR) is 85.6 cm³/mol. The minimum atomic E-state index is -0.362. The van der Waals surface area contributed by atoms with Crippen molar-refractivity contribution in [1.29, 1.82) is 0 Å². The molecule has 0 saturated carbocycles. The summed E-state index contributed by atoms with van der Waals surface area (Å²) in [6.45, 7) is 1.76. The summed E-state index contributed by atoms with van der Waals surface area (Å²) >= 11 is 7.55. The summed E-state index contributed by atoms with van der Waals surface area (Å²) in [5.41, 5.74) is 1.68. The van der Waals surface area contributed by atoms with Gasteiger partial charge in [0.1, 0.15) is 0 Å². The molecule has 3 rings (SSSR count). The SMILES string of the molecule is Cc1cc(C(=O)Nc2ncc(Cc3ccccc3Cl)s2)on1. The van der Waals surface area contributed by atoms with Gasteiger partial charge in [-0.25, -0.2) is 4.98 Å². The standard InChI is InChI=1S/C15H12ClN3O2S/c1-9-6-13(21-19-9)14(20)18-15-17-8-11(22-15)7-10-4-2-3-5-12(10)16/h2-6,8H,7H2,1H3,(H,17,18,20). The molecule has 0 fully saturated rings. The summed E-state index contributed by atoms with van der Waals surface area (Å²) in [6, 6.07) is 9.23. The maximum absolute atomic E-state index is 11.9. The highest BCUT2D eigenvalue weighted by Crippen LogP contribution is 2.25. The van der Waals surface area contributed by atoms with Crippen LogP contribution in [0.5, 0.6) is 0 Å². The smallest absolute Gasteiger partial charge is 0.296 e. The van der Waals surface area contributed by atoms with Crippen LogP contribution in [0.25, 0.3) is 0 Å². The molecule has 0 radical (unpaired) electrons. The molecule has 1 N–H and O–H groups in total. The average Bonchev–Trinajstić information content (AvgIpc) is 3.11. The van der Waals surface area contributed by atoms with Gasteiger partial charge in [-0.3, -0.25) is 10.1 Å². The first-order valence-electron chi connectivity index (χ1n) is 6.54. The zero-order valence-corrected chi connectivity index (χ0v) is 13.2. The highest BCUT2D eigenvalue weighted by Gasteiger charge is 2.14. The molecule has 3 aromatic rings. The molecule has 0 aliphatic rings. The summed E-state index contributed by atoms with van der Waals surface area (Å²) in [6.07, 6.45) is 2.41. The Balaban J connectivity index is 1.69. The number of nitrogens with one attached hydrogen (secondary N) is 1. The van der Waals surface area contributed by atoms with Crippen LogP contribution in [0, 0.1) is 6.92 Å². The molecule has 1 amide bonds. The number of halogens is 1. The van der Waals surface area contributed by atoms with E-state index in [-0.39, 0.29) is 11.7 Å². The van der Waals surface area contributed by atoms with Gasteiger partial charge in [-0.1, -0.05) is 35.0 Å². The third kappa shape index (κ3) is 3.35. The maximum atomic E-state index is 11.9. The van der Waals surface area contributed by atoms with E-state index in [1.165, 1.54) is 11.3 Å². The molecule has 2 aromatic heterocycles. The fourth-order valence-corrected chi connectivity index (χ4v) is 2.94. The maximum Gasteiger partial charge on any atom is 0.296 e. The Morgan fingerprint density at radius 2 is 2.23 bits per heavy atom. The van der Waals surface area contributed by atoms with E-state index in [1.807, 2.05) is 24.3 Å². The number of benzene rings is 1. The Hall–Kier alpha value is -2.18. The topological polar surface area (TPSA) is 68.0 Å². The number of hydrogen-bond acceptors (Lipinski definition) is 5. The van der Waals surface area contributed by atoms with Gasteiger partial charge in [0.05, 0.1) is 5.69 Å². The van der Waals surface area contributed by atoms with E-state index in [2.05, 4.69) is 15.5 Å². The van der Waals surface area contributed by atoms with Crippen molar-refractivity contribution in [3.05, 3.63) is 63.4 Å². The van der Waals surface area contributed by atoms with Crippen LogP contribution < -0.4 is 5.32 Å². The minimum Gasteiger partial charge on any atom is -0.351 e. The molecule has 0 aliphatic carbocycles. The van der Waals surface area contributed by atoms with Gasteiger partial charge in [0, 0.05) is 28.6 Å². The van der Waals surface area contributed by atoms with Gasteiger partial charge in [0.25, 0.3) is 5.91 Å². The van der Waals surface area contributed by atoms with Gasteiger partial charge in [0.2, 0.25) is 5.76 Å². The third-order valence-electron chi connectivity index (χ3n) is 2.95. The summed E-state index contributed by atoms with van der Waals surface area (Å²) in [5, 5.41) is 7.61. The lowest BCUT2D eigenvalue weighted by atomic mass is 10.1. The van der Waals surface area contributed by atoms with Gasteiger partial charge >= 0.3 is 0 Å². The predicted octanol–water partition coefficient (Wildman–Crippen LogP) is 3.94. The molecule has 1 aromatic carbocycles. The van der Waals surface area contributed by atoms with Crippen LogP contribution in [0.4, 0.5) is 5.13 Å². The number of carbonyl (C=O) groups excluding carboxylic acids is 1. The van der Waals surface area contributed by atoms with Crippen LogP contribution in [0.1, 0.15) is 26.7 Å². The number of anilines is 1. The van der Waals surface area contributed by atoms with Crippen molar-refractivity contribution < 1.29 is 9.32 Å². The molecule has 2 heterocycles. The normalized spacial score (nSPS) is 10.6. The molecule has 0 bridgehead atoms. The number of aromatic nitrogens is 2. The van der Waals surface area contributed by atoms with Crippen molar-refractivity contribution in [2.45, 2.75) is 13.3 Å². The molecule has 7 heteroatoms. The van der Waals surface area contributed by atoms with E-state index >= 15 is 0 Å². The second-order valence-corrected chi connectivity index (χ2v) is 6.21. The Morgan fingerprint density at radius 3 is 2.95 bits per heavy atom. The first kappa shape index (κ1) is 14.7. The summed E-state index contributed by atoms with van der Waals surface area (Å²) in [5.74, 6) is -0.195. The molecular formula is C15H12ClN3O2S. The van der Waals surface area contributed by atoms with Crippen LogP contribution in [-0.2, 0) is 6.42 Å². The van der Waals surface area contributed by atoms with Crippen molar-refractivity contribution >= 4 is 34.0 Å². The monoisotopic (exact) mass is 333 g/mol. The molecule has 0 atom stereocenters. The van der Waals surface area contributed by atoms with Crippen LogP contribution in [-0.4, -0.2) is 16.0 Å². The summed E-state index contributed by atoms with van der Waals surface area (Å²) in [4.78, 5) is 17.2. The molecular weight excluding hydrogens is 322 g/mol. The van der Waals surface area contributed by atoms with E-state index in [0.717, 1.165) is 15.5 Å². The van der Waals surface area contributed by atoms with Crippen molar-refractivity contribution in [1.82, 2.24) is 10.1 Å². The number of carbonyl (C=O) groups is 1. The van der Waals surface area contributed by atoms with E-state index in [9.17, 15) is 4.79 Å². The van der Waals surface area contributed by atoms with E-state index in [4.69, 9.17) is 16.1 Å². The Bertz CT molecular complexity index is 812. The van der Waals surface area contributed by atoms with Crippen LogP contribution in [0.3, 0.4) is 0 Å². The first-order chi connectivity index (χ1) is 10.6. The lowest BCUT2D eigenvalue weighted by molar-refractivity contribution is 0.0988. The first-order valence-corrected chi connectivity index (χ1v) is 7.74. The van der Waals surface area contributed by atoms with Gasteiger partial charge in [-0.05, 0) is 18.6 Å². The molecule has 22 heavy (non-hydrogen) atoms. The number of amides is 1. The van der Waals surface area contributed by atoms with Crippen LogP contribution in [0.2, 0.25) is 5.02 Å². The largest absolute Gasteiger partial charge is 0.351 e. The number of nitrogens with zero attached hydrogens (tertiary/aromatic N) is 2. The summed E-state index contributed by atoms with van der Waals surface area (Å²) < 4.78 is 4.91. The van der Waals surface area contributed by atoms with E-state index < -0.39 is 0 Å². The summed E-state index contributed by atoms with van der Waals surface area (Å²) in [7, 11) is 0. The average molecular weight is 334 g/mol. The Labute approximate surface area is 135 Å². The van der Waals surface area contributed by atoms with Gasteiger partial charge < -0.3 is 4.52 Å². The van der Waals surface area contributed by atoms with Gasteiger partial charge in [-0.2, -0.15) is 0 Å². The Morgan fingerprint density at radius 1 is 1.41 bits per heavy atom. The van der Waals surface area contributed by atoms with Crippen LogP contribution >= 0.6 is 22.9 Å². The van der Waals surface area contributed by atoms with Crippen LogP contribution in [0.15, 0.2) is 41.1 Å². The molecule has 0 spiro atoms. The number of hydrogen-bond donors (Lipinski definition) is 1. The number of aryl methyl sites for hydroxylation is 1. The molecule has 0 unspecified atom stereocenters. The molecule has 112 valence electrons. The number of rotatable bonds is 4.